The van der Waals surface area contributed by atoms with Gasteiger partial charge in [-0.25, -0.2) is 4.39 Å². The number of carbonyl (C=O) groups is 1. The number of nitrogens with zero attached hydrogens (tertiary/aromatic N) is 2. The van der Waals surface area contributed by atoms with Crippen molar-refractivity contribution in [3.05, 3.63) is 0 Å². The number of carbonyl (C=O) groups excluding carboxylic acids is 1. The van der Waals surface area contributed by atoms with Crippen LogP contribution in [0, 0.1) is 5.92 Å². The summed E-state index contributed by atoms with van der Waals surface area (Å²) in [4.78, 5) is 16.2. The number of alkyl halides is 1. The standard InChI is InChI=1S/C26H53FN4O6/c1-23(2)26(32)29-21-25(27)22-37-14-11-31-8-6-30(7-9-31)10-13-34-16-18-36-20-19-35-17-15-33-12-5-28-24(3)4/h23-25,28H,5-22H2,1-4H3,(H,29,32). The zero-order chi connectivity index (χ0) is 27.1. The molecule has 220 valence electrons. The molecule has 1 aliphatic rings. The lowest BCUT2D eigenvalue weighted by Gasteiger charge is -2.34. The second-order valence-corrected chi connectivity index (χ2v) is 9.81. The van der Waals surface area contributed by atoms with E-state index in [2.05, 4.69) is 34.3 Å². The summed E-state index contributed by atoms with van der Waals surface area (Å²) in [5.74, 6) is -0.273. The molecule has 37 heavy (non-hydrogen) atoms. The first-order chi connectivity index (χ1) is 17.9. The highest BCUT2D eigenvalue weighted by Gasteiger charge is 2.17. The summed E-state index contributed by atoms with van der Waals surface area (Å²) in [6.07, 6.45) is -1.18. The van der Waals surface area contributed by atoms with Gasteiger partial charge in [0.25, 0.3) is 0 Å². The first-order valence-electron chi connectivity index (χ1n) is 13.9. The molecular formula is C26H53FN4O6. The molecule has 1 heterocycles. The molecule has 0 radical (unpaired) electrons. The average molecular weight is 537 g/mol. The van der Waals surface area contributed by atoms with Crippen molar-refractivity contribution in [2.45, 2.75) is 39.9 Å². The minimum absolute atomic E-state index is 0.00534. The van der Waals surface area contributed by atoms with E-state index in [0.717, 1.165) is 45.8 Å². The number of ether oxygens (including phenoxy) is 5. The molecule has 0 aliphatic carbocycles. The largest absolute Gasteiger partial charge is 0.378 e. The van der Waals surface area contributed by atoms with E-state index < -0.39 is 6.17 Å². The molecule has 0 saturated carbocycles. The molecule has 1 rings (SSSR count). The van der Waals surface area contributed by atoms with Gasteiger partial charge < -0.3 is 34.3 Å². The normalized spacial score (nSPS) is 16.1. The van der Waals surface area contributed by atoms with Gasteiger partial charge in [0.1, 0.15) is 6.17 Å². The summed E-state index contributed by atoms with van der Waals surface area (Å²) in [6.45, 7) is 19.6. The fraction of sp³-hybridized carbons (Fsp3) is 0.962. The van der Waals surface area contributed by atoms with Gasteiger partial charge in [0, 0.05) is 57.8 Å². The Morgan fingerprint density at radius 2 is 1.19 bits per heavy atom. The lowest BCUT2D eigenvalue weighted by atomic mass is 10.2. The Morgan fingerprint density at radius 1 is 0.730 bits per heavy atom. The van der Waals surface area contributed by atoms with Crippen LogP contribution in [0.4, 0.5) is 4.39 Å². The molecule has 1 aliphatic heterocycles. The van der Waals surface area contributed by atoms with Crippen LogP contribution >= 0.6 is 0 Å². The second kappa shape index (κ2) is 23.0. The van der Waals surface area contributed by atoms with Gasteiger partial charge in [0.05, 0.1) is 72.6 Å². The number of hydrogen-bond donors (Lipinski definition) is 2. The Labute approximate surface area is 223 Å². The van der Waals surface area contributed by atoms with Crippen LogP contribution in [0.1, 0.15) is 27.7 Å². The number of halogens is 1. The lowest BCUT2D eigenvalue weighted by molar-refractivity contribution is -0.124. The van der Waals surface area contributed by atoms with Crippen LogP contribution < -0.4 is 10.6 Å². The molecule has 0 aromatic rings. The van der Waals surface area contributed by atoms with Gasteiger partial charge in [0.2, 0.25) is 5.91 Å². The van der Waals surface area contributed by atoms with Gasteiger partial charge in [-0.2, -0.15) is 0 Å². The van der Waals surface area contributed by atoms with Crippen LogP contribution in [0.5, 0.6) is 0 Å². The number of nitrogens with one attached hydrogen (secondary N) is 2. The summed E-state index contributed by atoms with van der Waals surface area (Å²) in [5, 5.41) is 5.89. The van der Waals surface area contributed by atoms with Crippen LogP contribution in [0.3, 0.4) is 0 Å². The quantitative estimate of drug-likeness (QED) is 0.174. The molecule has 1 fully saturated rings. The van der Waals surface area contributed by atoms with Gasteiger partial charge in [0.15, 0.2) is 0 Å². The molecule has 10 nitrogen and oxygen atoms in total. The van der Waals surface area contributed by atoms with E-state index >= 15 is 0 Å². The van der Waals surface area contributed by atoms with Crippen molar-refractivity contribution in [3.8, 4) is 0 Å². The van der Waals surface area contributed by atoms with Gasteiger partial charge >= 0.3 is 0 Å². The fourth-order valence-corrected chi connectivity index (χ4v) is 3.49. The van der Waals surface area contributed by atoms with E-state index in [1.54, 1.807) is 13.8 Å². The van der Waals surface area contributed by atoms with E-state index in [1.807, 2.05) is 0 Å². The Kier molecular flexibility index (Phi) is 21.2. The number of rotatable bonds is 24. The highest BCUT2D eigenvalue weighted by Crippen LogP contribution is 2.02. The van der Waals surface area contributed by atoms with Crippen molar-refractivity contribution < 1.29 is 32.9 Å². The third-order valence-corrected chi connectivity index (χ3v) is 5.80. The maximum Gasteiger partial charge on any atom is 0.222 e. The Morgan fingerprint density at radius 3 is 1.68 bits per heavy atom. The minimum atomic E-state index is -1.18. The van der Waals surface area contributed by atoms with Gasteiger partial charge in [-0.3, -0.25) is 14.6 Å². The minimum Gasteiger partial charge on any atom is -0.378 e. The fourth-order valence-electron chi connectivity index (χ4n) is 3.49. The number of amides is 1. The Hall–Kier alpha value is -0.920. The van der Waals surface area contributed by atoms with Crippen LogP contribution in [-0.2, 0) is 28.5 Å². The monoisotopic (exact) mass is 536 g/mol. The van der Waals surface area contributed by atoms with Crippen molar-refractivity contribution in [2.75, 3.05) is 118 Å². The van der Waals surface area contributed by atoms with Crippen LogP contribution in [-0.4, -0.2) is 146 Å². The summed E-state index contributed by atoms with van der Waals surface area (Å²) in [5.41, 5.74) is 0. The first-order valence-corrected chi connectivity index (χ1v) is 13.9. The van der Waals surface area contributed by atoms with Crippen molar-refractivity contribution in [1.82, 2.24) is 20.4 Å². The summed E-state index contributed by atoms with van der Waals surface area (Å²) in [6, 6.07) is 0.483. The van der Waals surface area contributed by atoms with Crippen molar-refractivity contribution >= 4 is 5.91 Å². The lowest BCUT2D eigenvalue weighted by Crippen LogP contribution is -2.48. The molecular weight excluding hydrogens is 483 g/mol. The topological polar surface area (TPSA) is 93.8 Å². The van der Waals surface area contributed by atoms with E-state index in [1.165, 1.54) is 0 Å². The summed E-state index contributed by atoms with van der Waals surface area (Å²) < 4.78 is 41.4. The summed E-state index contributed by atoms with van der Waals surface area (Å²) in [7, 11) is 0. The van der Waals surface area contributed by atoms with Crippen LogP contribution in [0.2, 0.25) is 0 Å². The number of piperazine rings is 1. The van der Waals surface area contributed by atoms with Gasteiger partial charge in [-0.05, 0) is 0 Å². The van der Waals surface area contributed by atoms with Gasteiger partial charge in [-0.15, -0.1) is 0 Å². The van der Waals surface area contributed by atoms with E-state index in [4.69, 9.17) is 23.7 Å². The van der Waals surface area contributed by atoms with Crippen molar-refractivity contribution in [3.63, 3.8) is 0 Å². The highest BCUT2D eigenvalue weighted by molar-refractivity contribution is 5.77. The Balaban J connectivity index is 1.83. The molecule has 2 N–H and O–H groups in total. The van der Waals surface area contributed by atoms with E-state index in [9.17, 15) is 9.18 Å². The zero-order valence-corrected chi connectivity index (χ0v) is 23.7. The van der Waals surface area contributed by atoms with Crippen molar-refractivity contribution in [2.24, 2.45) is 5.92 Å². The molecule has 0 spiro atoms. The van der Waals surface area contributed by atoms with Crippen molar-refractivity contribution in [1.29, 1.82) is 0 Å². The van der Waals surface area contributed by atoms with E-state index in [-0.39, 0.29) is 25.0 Å². The van der Waals surface area contributed by atoms with Gasteiger partial charge in [-0.1, -0.05) is 27.7 Å². The molecule has 1 amide bonds. The third-order valence-electron chi connectivity index (χ3n) is 5.80. The molecule has 0 aromatic heterocycles. The maximum atomic E-state index is 13.8. The molecule has 0 aromatic carbocycles. The first kappa shape index (κ1) is 34.1. The Bertz CT molecular complexity index is 539. The highest BCUT2D eigenvalue weighted by atomic mass is 19.1. The third kappa shape index (κ3) is 20.7. The summed E-state index contributed by atoms with van der Waals surface area (Å²) >= 11 is 0. The molecule has 1 unspecified atom stereocenters. The maximum absolute atomic E-state index is 13.8. The molecule has 1 saturated heterocycles. The predicted molar refractivity (Wildman–Crippen MR) is 143 cm³/mol. The zero-order valence-electron chi connectivity index (χ0n) is 23.7. The predicted octanol–water partition coefficient (Wildman–Crippen LogP) is 0.795. The molecule has 1 atom stereocenters. The number of hydrogen-bond acceptors (Lipinski definition) is 9. The molecule has 11 heteroatoms. The smallest absolute Gasteiger partial charge is 0.222 e. The van der Waals surface area contributed by atoms with Crippen LogP contribution in [0.25, 0.3) is 0 Å². The SMILES string of the molecule is CC(C)NCCOCCOCCOCCOCCN1CCN(CCOCC(F)CNC(=O)C(C)C)CC1. The average Bonchev–Trinajstić information content (AvgIpc) is 2.88. The molecule has 0 bridgehead atoms. The van der Waals surface area contributed by atoms with E-state index in [0.29, 0.717) is 65.5 Å². The van der Waals surface area contributed by atoms with Crippen LogP contribution in [0.15, 0.2) is 0 Å². The second-order valence-electron chi connectivity index (χ2n) is 9.81.